The summed E-state index contributed by atoms with van der Waals surface area (Å²) in [7, 11) is 0. The number of hydrogen-bond acceptors (Lipinski definition) is 6. The Hall–Kier alpha value is -2.74. The molecule has 8 nitrogen and oxygen atoms in total. The number of ether oxygens (including phenoxy) is 4. The van der Waals surface area contributed by atoms with Gasteiger partial charge in [0.25, 0.3) is 5.91 Å². The Labute approximate surface area is 138 Å². The zero-order chi connectivity index (χ0) is 16.4. The number of hydrogen-bond donors (Lipinski definition) is 1. The number of H-pyrrole nitrogens is 1. The monoisotopic (exact) mass is 331 g/mol. The molecule has 0 saturated carbocycles. The van der Waals surface area contributed by atoms with Crippen LogP contribution >= 0.6 is 0 Å². The van der Waals surface area contributed by atoms with Gasteiger partial charge in [0.15, 0.2) is 17.2 Å². The Morgan fingerprint density at radius 3 is 2.92 bits per heavy atom. The van der Waals surface area contributed by atoms with Gasteiger partial charge in [0, 0.05) is 19.2 Å². The summed E-state index contributed by atoms with van der Waals surface area (Å²) in [4.78, 5) is 14.1. The molecule has 1 saturated heterocycles. The van der Waals surface area contributed by atoms with Crippen LogP contribution in [0.4, 0.5) is 0 Å². The van der Waals surface area contributed by atoms with Gasteiger partial charge >= 0.3 is 0 Å². The molecular weight excluding hydrogens is 314 g/mol. The summed E-state index contributed by atoms with van der Waals surface area (Å²) < 4.78 is 21.5. The highest BCUT2D eigenvalue weighted by Crippen LogP contribution is 2.35. The van der Waals surface area contributed by atoms with Crippen LogP contribution in [0.3, 0.4) is 0 Å². The van der Waals surface area contributed by atoms with Crippen LogP contribution < -0.4 is 14.2 Å². The first kappa shape index (κ1) is 14.8. The van der Waals surface area contributed by atoms with Gasteiger partial charge in [-0.05, 0) is 18.2 Å². The molecule has 1 aromatic carbocycles. The summed E-state index contributed by atoms with van der Waals surface area (Å²) in [6.45, 7) is 2.82. The third-order valence-electron chi connectivity index (χ3n) is 3.89. The Balaban J connectivity index is 1.37. The van der Waals surface area contributed by atoms with Crippen molar-refractivity contribution >= 4 is 5.91 Å². The van der Waals surface area contributed by atoms with Crippen LogP contribution in [0, 0.1) is 0 Å². The van der Waals surface area contributed by atoms with E-state index in [0.29, 0.717) is 49.2 Å². The zero-order valence-corrected chi connectivity index (χ0v) is 13.0. The van der Waals surface area contributed by atoms with Gasteiger partial charge in [0.05, 0.1) is 18.9 Å². The molecule has 0 aliphatic carbocycles. The summed E-state index contributed by atoms with van der Waals surface area (Å²) in [6, 6.07) is 7.10. The molecule has 0 spiro atoms. The van der Waals surface area contributed by atoms with Gasteiger partial charge in [0.2, 0.25) is 6.79 Å². The molecule has 2 aliphatic rings. The Morgan fingerprint density at radius 1 is 1.21 bits per heavy atom. The predicted molar refractivity (Wildman–Crippen MR) is 82.2 cm³/mol. The number of fused-ring (bicyclic) bond motifs is 1. The van der Waals surface area contributed by atoms with Gasteiger partial charge < -0.3 is 23.8 Å². The molecular formula is C16H17N3O5. The average Bonchev–Trinajstić information content (AvgIpc) is 3.29. The number of carbonyl (C=O) groups is 1. The number of nitrogens with one attached hydrogen (secondary N) is 1. The Morgan fingerprint density at radius 2 is 2.04 bits per heavy atom. The first-order valence-electron chi connectivity index (χ1n) is 7.73. The maximum Gasteiger partial charge on any atom is 0.274 e. The second-order valence-electron chi connectivity index (χ2n) is 5.49. The first-order chi connectivity index (χ1) is 11.8. The topological polar surface area (TPSA) is 85.9 Å². The molecule has 0 unspecified atom stereocenters. The Bertz CT molecular complexity index is 739. The van der Waals surface area contributed by atoms with Crippen LogP contribution in [0.25, 0.3) is 0 Å². The number of aromatic nitrogens is 2. The molecule has 2 aromatic rings. The van der Waals surface area contributed by atoms with E-state index in [0.717, 1.165) is 5.69 Å². The van der Waals surface area contributed by atoms with Crippen LogP contribution in [0.2, 0.25) is 0 Å². The van der Waals surface area contributed by atoms with E-state index < -0.39 is 0 Å². The summed E-state index contributed by atoms with van der Waals surface area (Å²) in [5.41, 5.74) is 1.12. The molecule has 24 heavy (non-hydrogen) atoms. The third-order valence-corrected chi connectivity index (χ3v) is 3.89. The smallest absolute Gasteiger partial charge is 0.274 e. The fraction of sp³-hybridized carbons (Fsp3) is 0.375. The van der Waals surface area contributed by atoms with E-state index in [1.54, 1.807) is 23.1 Å². The van der Waals surface area contributed by atoms with Gasteiger partial charge in [-0.1, -0.05) is 0 Å². The lowest BCUT2D eigenvalue weighted by atomic mass is 10.3. The Kier molecular flexibility index (Phi) is 3.96. The molecule has 1 fully saturated rings. The molecule has 1 amide bonds. The summed E-state index contributed by atoms with van der Waals surface area (Å²) in [6.07, 6.45) is 0. The van der Waals surface area contributed by atoms with E-state index in [4.69, 9.17) is 18.9 Å². The van der Waals surface area contributed by atoms with Gasteiger partial charge in [-0.2, -0.15) is 5.10 Å². The van der Waals surface area contributed by atoms with Gasteiger partial charge in [0.1, 0.15) is 12.4 Å². The van der Waals surface area contributed by atoms with Crippen molar-refractivity contribution in [2.24, 2.45) is 0 Å². The normalized spacial score (nSPS) is 16.2. The minimum atomic E-state index is -0.0936. The van der Waals surface area contributed by atoms with Gasteiger partial charge in [-0.3, -0.25) is 9.89 Å². The van der Waals surface area contributed by atoms with E-state index in [1.165, 1.54) is 0 Å². The number of nitrogens with zero attached hydrogens (tertiary/aromatic N) is 2. The second kappa shape index (κ2) is 6.40. The zero-order valence-electron chi connectivity index (χ0n) is 13.0. The van der Waals surface area contributed by atoms with Crippen molar-refractivity contribution in [1.29, 1.82) is 0 Å². The first-order valence-corrected chi connectivity index (χ1v) is 7.73. The summed E-state index contributed by atoms with van der Waals surface area (Å²) in [5.74, 6) is 1.95. The highest BCUT2D eigenvalue weighted by molar-refractivity contribution is 5.92. The van der Waals surface area contributed by atoms with Crippen LogP contribution in [0.1, 0.15) is 16.2 Å². The molecule has 1 N–H and O–H groups in total. The van der Waals surface area contributed by atoms with Crippen LogP contribution in [0.15, 0.2) is 24.3 Å². The molecule has 3 heterocycles. The van der Waals surface area contributed by atoms with Gasteiger partial charge in [-0.25, -0.2) is 0 Å². The minimum Gasteiger partial charge on any atom is -0.487 e. The van der Waals surface area contributed by atoms with Crippen molar-refractivity contribution in [2.45, 2.75) is 6.61 Å². The largest absolute Gasteiger partial charge is 0.487 e. The number of morpholine rings is 1. The predicted octanol–water partition coefficient (Wildman–Crippen LogP) is 1.19. The van der Waals surface area contributed by atoms with E-state index in [2.05, 4.69) is 10.2 Å². The lowest BCUT2D eigenvalue weighted by molar-refractivity contribution is 0.0299. The lowest BCUT2D eigenvalue weighted by Crippen LogP contribution is -2.40. The standard InChI is InChI=1S/C16H17N3O5/c20-16(19-3-5-21-6-4-19)13-7-11(17-18-13)9-22-12-1-2-14-15(8-12)24-10-23-14/h1-2,7-8H,3-6,9-10H2,(H,17,18). The second-order valence-corrected chi connectivity index (χ2v) is 5.49. The van der Waals surface area contributed by atoms with E-state index in [9.17, 15) is 4.79 Å². The molecule has 2 aliphatic heterocycles. The molecule has 8 heteroatoms. The maximum atomic E-state index is 12.3. The fourth-order valence-corrected chi connectivity index (χ4v) is 2.60. The average molecular weight is 331 g/mol. The fourth-order valence-electron chi connectivity index (χ4n) is 2.60. The highest BCUT2D eigenvalue weighted by atomic mass is 16.7. The lowest BCUT2D eigenvalue weighted by Gasteiger charge is -2.25. The maximum absolute atomic E-state index is 12.3. The van der Waals surface area contributed by atoms with Crippen molar-refractivity contribution in [2.75, 3.05) is 33.1 Å². The summed E-state index contributed by atoms with van der Waals surface area (Å²) in [5, 5.41) is 6.92. The van der Waals surface area contributed by atoms with Crippen LogP contribution in [-0.2, 0) is 11.3 Å². The quantitative estimate of drug-likeness (QED) is 0.906. The van der Waals surface area contributed by atoms with Crippen LogP contribution in [0.5, 0.6) is 17.2 Å². The number of rotatable bonds is 4. The summed E-state index contributed by atoms with van der Waals surface area (Å²) >= 11 is 0. The minimum absolute atomic E-state index is 0.0936. The number of aromatic amines is 1. The van der Waals surface area contributed by atoms with Crippen molar-refractivity contribution in [1.82, 2.24) is 15.1 Å². The van der Waals surface area contributed by atoms with Gasteiger partial charge in [-0.15, -0.1) is 0 Å². The van der Waals surface area contributed by atoms with Crippen molar-refractivity contribution in [3.05, 3.63) is 35.7 Å². The SMILES string of the molecule is O=C(c1cc(COc2ccc3c(c2)OCO3)[nH]n1)N1CCOCC1. The highest BCUT2D eigenvalue weighted by Gasteiger charge is 2.21. The molecule has 0 bridgehead atoms. The van der Waals surface area contributed by atoms with Crippen molar-refractivity contribution < 1.29 is 23.7 Å². The molecule has 0 atom stereocenters. The van der Waals surface area contributed by atoms with E-state index in [-0.39, 0.29) is 19.3 Å². The van der Waals surface area contributed by atoms with E-state index in [1.807, 2.05) is 6.07 Å². The molecule has 126 valence electrons. The third kappa shape index (κ3) is 3.00. The van der Waals surface area contributed by atoms with Crippen molar-refractivity contribution in [3.63, 3.8) is 0 Å². The number of amides is 1. The number of carbonyl (C=O) groups excluding carboxylic acids is 1. The van der Waals surface area contributed by atoms with Crippen molar-refractivity contribution in [3.8, 4) is 17.2 Å². The van der Waals surface area contributed by atoms with E-state index >= 15 is 0 Å². The number of benzene rings is 1. The molecule has 4 rings (SSSR count). The molecule has 1 aromatic heterocycles. The van der Waals surface area contributed by atoms with Crippen LogP contribution in [-0.4, -0.2) is 54.1 Å². The molecule has 0 radical (unpaired) electrons.